The largest absolute Gasteiger partial charge is 0.352 e. The van der Waals surface area contributed by atoms with Crippen molar-refractivity contribution in [3.8, 4) is 0 Å². The van der Waals surface area contributed by atoms with Crippen LogP contribution in [0.25, 0.3) is 0 Å². The Balaban J connectivity index is 1.84. The van der Waals surface area contributed by atoms with Gasteiger partial charge >= 0.3 is 0 Å². The Labute approximate surface area is 134 Å². The van der Waals surface area contributed by atoms with Gasteiger partial charge in [0.1, 0.15) is 12.1 Å². The number of hydrogen-bond donors (Lipinski definition) is 1. The summed E-state index contributed by atoms with van der Waals surface area (Å²) >= 11 is 6.14. The first-order valence-electron chi connectivity index (χ1n) is 7.74. The summed E-state index contributed by atoms with van der Waals surface area (Å²) in [6.07, 6.45) is 3.48. The lowest BCUT2D eigenvalue weighted by atomic mass is 9.91. The third-order valence-electron chi connectivity index (χ3n) is 4.87. The number of rotatable bonds is 2. The molecule has 0 atom stereocenters. The van der Waals surface area contributed by atoms with E-state index >= 15 is 0 Å². The van der Waals surface area contributed by atoms with Crippen LogP contribution in [0.5, 0.6) is 0 Å². The lowest BCUT2D eigenvalue weighted by Gasteiger charge is -2.43. The molecule has 2 aliphatic rings. The number of nitrogens with zero attached hydrogens (tertiary/aromatic N) is 3. The summed E-state index contributed by atoms with van der Waals surface area (Å²) in [6.45, 7) is 4.89. The predicted octanol–water partition coefficient (Wildman–Crippen LogP) is 1.42. The summed E-state index contributed by atoms with van der Waals surface area (Å²) < 4.78 is 1.63. The summed E-state index contributed by atoms with van der Waals surface area (Å²) in [7, 11) is 0. The molecule has 2 amide bonds. The lowest BCUT2D eigenvalue weighted by molar-refractivity contribution is -0.151. The highest BCUT2D eigenvalue weighted by Gasteiger charge is 2.49. The van der Waals surface area contributed by atoms with Gasteiger partial charge in [0.25, 0.3) is 0 Å². The van der Waals surface area contributed by atoms with Gasteiger partial charge in [-0.1, -0.05) is 24.4 Å². The van der Waals surface area contributed by atoms with Gasteiger partial charge in [0.2, 0.25) is 11.8 Å². The zero-order chi connectivity index (χ0) is 15.9. The maximum atomic E-state index is 12.8. The van der Waals surface area contributed by atoms with Crippen LogP contribution in [0.15, 0.2) is 0 Å². The van der Waals surface area contributed by atoms with Gasteiger partial charge in [-0.25, -0.2) is 0 Å². The van der Waals surface area contributed by atoms with Crippen LogP contribution in [0.4, 0.5) is 0 Å². The van der Waals surface area contributed by atoms with Crippen molar-refractivity contribution in [2.24, 2.45) is 0 Å². The third-order valence-corrected chi connectivity index (χ3v) is 5.42. The number of hydrogen-bond acceptors (Lipinski definition) is 3. The van der Waals surface area contributed by atoms with Crippen molar-refractivity contribution in [3.05, 3.63) is 16.4 Å². The summed E-state index contributed by atoms with van der Waals surface area (Å²) in [5.41, 5.74) is 0.864. The van der Waals surface area contributed by atoms with E-state index in [1.807, 2.05) is 13.8 Å². The molecule has 1 aliphatic heterocycles. The van der Waals surface area contributed by atoms with Gasteiger partial charge in [-0.3, -0.25) is 14.3 Å². The van der Waals surface area contributed by atoms with E-state index in [1.165, 1.54) is 0 Å². The maximum Gasteiger partial charge on any atom is 0.246 e. The van der Waals surface area contributed by atoms with E-state index in [-0.39, 0.29) is 18.4 Å². The van der Waals surface area contributed by atoms with Gasteiger partial charge in [0.15, 0.2) is 0 Å². The van der Waals surface area contributed by atoms with Gasteiger partial charge in [-0.2, -0.15) is 5.10 Å². The Morgan fingerprint density at radius 3 is 2.64 bits per heavy atom. The van der Waals surface area contributed by atoms with Gasteiger partial charge in [-0.15, -0.1) is 0 Å². The predicted molar refractivity (Wildman–Crippen MR) is 82.6 cm³/mol. The molecule has 2 heterocycles. The standard InChI is InChI=1S/C15H21ClN4O2/c1-10-13(16)11(2)20(18-10)9-12(21)19-8-7-17-14(22)15(19)5-3-4-6-15/h3-9H2,1-2H3,(H,17,22). The number of piperazine rings is 1. The summed E-state index contributed by atoms with van der Waals surface area (Å²) in [4.78, 5) is 26.9. The molecule has 1 saturated carbocycles. The number of halogens is 1. The molecular formula is C15H21ClN4O2. The van der Waals surface area contributed by atoms with Crippen molar-refractivity contribution in [2.45, 2.75) is 51.6 Å². The second-order valence-corrected chi connectivity index (χ2v) is 6.56. The van der Waals surface area contributed by atoms with Gasteiger partial charge in [0.05, 0.1) is 16.4 Å². The number of carbonyl (C=O) groups excluding carboxylic acids is 2. The Hall–Kier alpha value is -1.56. The molecule has 6 nitrogen and oxygen atoms in total. The van der Waals surface area contributed by atoms with E-state index in [0.29, 0.717) is 18.1 Å². The molecule has 1 aliphatic carbocycles. The maximum absolute atomic E-state index is 12.8. The van der Waals surface area contributed by atoms with Crippen LogP contribution in [0.1, 0.15) is 37.1 Å². The van der Waals surface area contributed by atoms with Crippen molar-refractivity contribution in [1.29, 1.82) is 0 Å². The Morgan fingerprint density at radius 1 is 1.36 bits per heavy atom. The smallest absolute Gasteiger partial charge is 0.246 e. The Morgan fingerprint density at radius 2 is 2.05 bits per heavy atom. The van der Waals surface area contributed by atoms with Crippen LogP contribution < -0.4 is 5.32 Å². The van der Waals surface area contributed by atoms with Crippen molar-refractivity contribution in [1.82, 2.24) is 20.0 Å². The molecule has 0 bridgehead atoms. The van der Waals surface area contributed by atoms with Crippen molar-refractivity contribution >= 4 is 23.4 Å². The molecule has 1 aromatic heterocycles. The van der Waals surface area contributed by atoms with Crippen LogP contribution in [0.2, 0.25) is 5.02 Å². The van der Waals surface area contributed by atoms with Crippen LogP contribution in [-0.4, -0.2) is 45.1 Å². The molecule has 1 N–H and O–H groups in total. The summed E-state index contributed by atoms with van der Waals surface area (Å²) in [5, 5.41) is 7.82. The van der Waals surface area contributed by atoms with Crippen molar-refractivity contribution < 1.29 is 9.59 Å². The van der Waals surface area contributed by atoms with E-state index in [1.54, 1.807) is 9.58 Å². The van der Waals surface area contributed by atoms with Gasteiger partial charge in [0, 0.05) is 13.1 Å². The normalized spacial score (nSPS) is 20.5. The zero-order valence-corrected chi connectivity index (χ0v) is 13.7. The zero-order valence-electron chi connectivity index (χ0n) is 13.0. The molecule has 0 aromatic carbocycles. The van der Waals surface area contributed by atoms with Gasteiger partial charge in [-0.05, 0) is 26.7 Å². The van der Waals surface area contributed by atoms with Crippen molar-refractivity contribution in [2.75, 3.05) is 13.1 Å². The van der Waals surface area contributed by atoms with Crippen molar-refractivity contribution in [3.63, 3.8) is 0 Å². The molecule has 0 radical (unpaired) electrons. The van der Waals surface area contributed by atoms with E-state index < -0.39 is 5.54 Å². The van der Waals surface area contributed by atoms with E-state index in [4.69, 9.17) is 11.6 Å². The minimum atomic E-state index is -0.644. The number of amides is 2. The molecule has 1 aromatic rings. The second-order valence-electron chi connectivity index (χ2n) is 6.18. The van der Waals surface area contributed by atoms with Crippen LogP contribution in [0, 0.1) is 13.8 Å². The first kappa shape index (κ1) is 15.3. The third kappa shape index (κ3) is 2.29. The summed E-state index contributed by atoms with van der Waals surface area (Å²) in [6, 6.07) is 0. The molecule has 1 saturated heterocycles. The van der Waals surface area contributed by atoms with Crippen LogP contribution >= 0.6 is 11.6 Å². The highest BCUT2D eigenvalue weighted by molar-refractivity contribution is 6.31. The van der Waals surface area contributed by atoms with Crippen LogP contribution in [-0.2, 0) is 16.1 Å². The summed E-state index contributed by atoms with van der Waals surface area (Å²) in [5.74, 6) is -0.0602. The first-order chi connectivity index (χ1) is 10.5. The Bertz CT molecular complexity index is 619. The molecule has 7 heteroatoms. The first-order valence-corrected chi connectivity index (χ1v) is 8.12. The average molecular weight is 325 g/mol. The number of nitrogens with one attached hydrogen (secondary N) is 1. The Kier molecular flexibility index (Phi) is 3.89. The fourth-order valence-electron chi connectivity index (χ4n) is 3.65. The van der Waals surface area contributed by atoms with Crippen LogP contribution in [0.3, 0.4) is 0 Å². The second kappa shape index (κ2) is 5.57. The molecule has 120 valence electrons. The topological polar surface area (TPSA) is 67.2 Å². The van der Waals surface area contributed by atoms with E-state index in [2.05, 4.69) is 10.4 Å². The highest BCUT2D eigenvalue weighted by Crippen LogP contribution is 2.37. The molecule has 2 fully saturated rings. The van der Waals surface area contributed by atoms with E-state index in [9.17, 15) is 9.59 Å². The molecule has 3 rings (SSSR count). The number of aromatic nitrogens is 2. The SMILES string of the molecule is Cc1nn(CC(=O)N2CCNC(=O)C23CCCC3)c(C)c1Cl. The monoisotopic (exact) mass is 324 g/mol. The lowest BCUT2D eigenvalue weighted by Crippen LogP contribution is -2.65. The number of carbonyl (C=O) groups is 2. The van der Waals surface area contributed by atoms with E-state index in [0.717, 1.165) is 37.1 Å². The minimum Gasteiger partial charge on any atom is -0.352 e. The molecule has 22 heavy (non-hydrogen) atoms. The quantitative estimate of drug-likeness (QED) is 0.894. The molecule has 0 unspecified atom stereocenters. The highest BCUT2D eigenvalue weighted by atomic mass is 35.5. The molecular weight excluding hydrogens is 304 g/mol. The number of aryl methyl sites for hydroxylation is 1. The van der Waals surface area contributed by atoms with Gasteiger partial charge < -0.3 is 10.2 Å². The fourth-order valence-corrected chi connectivity index (χ4v) is 3.78. The fraction of sp³-hybridized carbons (Fsp3) is 0.667. The minimum absolute atomic E-state index is 0.00370. The molecule has 1 spiro atoms. The average Bonchev–Trinajstić information content (AvgIpc) is 3.05.